The third kappa shape index (κ3) is 4.76. The highest BCUT2D eigenvalue weighted by Crippen LogP contribution is 2.24. The highest BCUT2D eigenvalue weighted by atomic mass is 16.5. The van der Waals surface area contributed by atoms with Crippen molar-refractivity contribution in [1.82, 2.24) is 10.4 Å². The van der Waals surface area contributed by atoms with Crippen molar-refractivity contribution in [3.63, 3.8) is 0 Å². The molecular weight excluding hydrogens is 358 g/mol. The minimum atomic E-state index is -0.620. The third-order valence-electron chi connectivity index (χ3n) is 4.62. The van der Waals surface area contributed by atoms with Gasteiger partial charge < -0.3 is 9.64 Å². The summed E-state index contributed by atoms with van der Waals surface area (Å²) in [5.74, 6) is 0.196. The highest BCUT2D eigenvalue weighted by Gasteiger charge is 2.26. The van der Waals surface area contributed by atoms with Crippen molar-refractivity contribution in [3.05, 3.63) is 65.7 Å². The highest BCUT2D eigenvalue weighted by molar-refractivity contribution is 5.98. The van der Waals surface area contributed by atoms with Crippen LogP contribution >= 0.6 is 0 Å². The van der Waals surface area contributed by atoms with Crippen molar-refractivity contribution in [1.29, 1.82) is 0 Å². The molecule has 2 N–H and O–H groups in total. The van der Waals surface area contributed by atoms with Crippen LogP contribution in [0.2, 0.25) is 0 Å². The van der Waals surface area contributed by atoms with Gasteiger partial charge in [0.05, 0.1) is 19.3 Å². The number of hydrogen-bond acceptors (Lipinski definition) is 5. The normalized spacial score (nSPS) is 15.1. The number of methoxy groups -OCH3 is 1. The average molecular weight is 381 g/mol. The van der Waals surface area contributed by atoms with Gasteiger partial charge in [0.2, 0.25) is 5.91 Å². The summed E-state index contributed by atoms with van der Waals surface area (Å²) < 4.78 is 5.17. The average Bonchev–Trinajstić information content (AvgIpc) is 2.73. The van der Waals surface area contributed by atoms with Gasteiger partial charge in [-0.05, 0) is 35.4 Å². The maximum Gasteiger partial charge on any atom is 0.267 e. The van der Waals surface area contributed by atoms with Crippen molar-refractivity contribution in [2.45, 2.75) is 6.54 Å². The predicted octanol–water partition coefficient (Wildman–Crippen LogP) is 2.06. The second-order valence-corrected chi connectivity index (χ2v) is 6.47. The van der Waals surface area contributed by atoms with E-state index >= 15 is 0 Å². The number of piperazine rings is 1. The molecule has 0 radical (unpaired) electrons. The summed E-state index contributed by atoms with van der Waals surface area (Å²) in [5, 5.41) is 8.62. The van der Waals surface area contributed by atoms with Gasteiger partial charge in [0, 0.05) is 25.7 Å². The van der Waals surface area contributed by atoms with Crippen molar-refractivity contribution in [2.75, 3.05) is 31.6 Å². The Morgan fingerprint density at radius 3 is 2.61 bits per heavy atom. The molecule has 0 atom stereocenters. The molecule has 1 heterocycles. The first-order valence-corrected chi connectivity index (χ1v) is 8.97. The number of carbonyl (C=O) groups excluding carboxylic acids is 2. The largest absolute Gasteiger partial charge is 0.497 e. The number of amides is 2. The zero-order valence-electron chi connectivity index (χ0n) is 15.7. The molecule has 0 unspecified atom stereocenters. The molecule has 1 aliphatic heterocycles. The van der Waals surface area contributed by atoms with E-state index in [4.69, 9.17) is 9.94 Å². The van der Waals surface area contributed by atoms with Gasteiger partial charge in [0.25, 0.3) is 5.91 Å². The Balaban J connectivity index is 1.68. The Morgan fingerprint density at radius 1 is 1.18 bits per heavy atom. The summed E-state index contributed by atoms with van der Waals surface area (Å²) in [6.07, 6.45) is 2.81. The third-order valence-corrected chi connectivity index (χ3v) is 4.62. The minimum absolute atomic E-state index is 0.00669. The van der Waals surface area contributed by atoms with Crippen LogP contribution in [0.15, 0.2) is 54.6 Å². The van der Waals surface area contributed by atoms with Crippen LogP contribution in [-0.4, -0.2) is 48.7 Å². The molecule has 7 nitrogen and oxygen atoms in total. The number of rotatable bonds is 6. The van der Waals surface area contributed by atoms with Crippen molar-refractivity contribution >= 4 is 23.6 Å². The fourth-order valence-electron chi connectivity index (χ4n) is 3.18. The van der Waals surface area contributed by atoms with Gasteiger partial charge in [-0.25, -0.2) is 5.48 Å². The number of benzene rings is 2. The molecule has 1 saturated heterocycles. The molecule has 1 aliphatic rings. The maximum absolute atomic E-state index is 12.8. The summed E-state index contributed by atoms with van der Waals surface area (Å²) >= 11 is 0. The van der Waals surface area contributed by atoms with E-state index in [9.17, 15) is 9.59 Å². The van der Waals surface area contributed by atoms with Crippen LogP contribution in [0.1, 0.15) is 11.1 Å². The van der Waals surface area contributed by atoms with Gasteiger partial charge in [-0.15, -0.1) is 0 Å². The van der Waals surface area contributed by atoms with Crippen LogP contribution in [0.3, 0.4) is 0 Å². The Hall–Kier alpha value is -3.16. The molecule has 0 aromatic heterocycles. The van der Waals surface area contributed by atoms with Crippen molar-refractivity contribution in [3.8, 4) is 5.75 Å². The summed E-state index contributed by atoms with van der Waals surface area (Å²) in [7, 11) is 1.64. The van der Waals surface area contributed by atoms with Crippen LogP contribution in [0.4, 0.5) is 5.69 Å². The molecule has 0 spiro atoms. The number of hydrogen-bond donors (Lipinski definition) is 2. The molecule has 0 bridgehead atoms. The predicted molar refractivity (Wildman–Crippen MR) is 106 cm³/mol. The minimum Gasteiger partial charge on any atom is -0.497 e. The maximum atomic E-state index is 12.8. The van der Waals surface area contributed by atoms with E-state index < -0.39 is 5.91 Å². The Kier molecular flexibility index (Phi) is 6.41. The van der Waals surface area contributed by atoms with E-state index in [-0.39, 0.29) is 5.91 Å². The van der Waals surface area contributed by atoms with E-state index in [1.165, 1.54) is 6.08 Å². The lowest BCUT2D eigenvalue weighted by atomic mass is 10.1. The standard InChI is InChI=1S/C21H23N3O4/c1-28-18-9-6-16(7-10-18)14-23-12-13-24(21(26)15-23)19-5-3-2-4-17(19)8-11-20(25)22-27/h2-11,27H,12-15H2,1H3,(H,22,25)/b11-8+. The zero-order chi connectivity index (χ0) is 19.9. The van der Waals surface area contributed by atoms with Crippen molar-refractivity contribution < 1.29 is 19.5 Å². The molecule has 2 aromatic carbocycles. The summed E-state index contributed by atoms with van der Waals surface area (Å²) in [5.41, 5.74) is 4.17. The van der Waals surface area contributed by atoms with Crippen LogP contribution in [0.25, 0.3) is 6.08 Å². The number of carbonyl (C=O) groups is 2. The van der Waals surface area contributed by atoms with Crippen molar-refractivity contribution in [2.24, 2.45) is 0 Å². The molecule has 0 aliphatic carbocycles. The monoisotopic (exact) mass is 381 g/mol. The van der Waals surface area contributed by atoms with Gasteiger partial charge in [-0.2, -0.15) is 0 Å². The summed E-state index contributed by atoms with van der Waals surface area (Å²) in [6, 6.07) is 15.2. The molecule has 146 valence electrons. The van der Waals surface area contributed by atoms with Gasteiger partial charge in [0.1, 0.15) is 5.75 Å². The quantitative estimate of drug-likeness (QED) is 0.455. The van der Waals surface area contributed by atoms with Gasteiger partial charge >= 0.3 is 0 Å². The first-order chi connectivity index (χ1) is 13.6. The molecule has 3 rings (SSSR count). The summed E-state index contributed by atoms with van der Waals surface area (Å²) in [4.78, 5) is 27.9. The van der Waals surface area contributed by atoms with E-state index in [0.717, 1.165) is 29.1 Å². The number of nitrogens with one attached hydrogen (secondary N) is 1. The van der Waals surface area contributed by atoms with Crippen LogP contribution in [-0.2, 0) is 16.1 Å². The smallest absolute Gasteiger partial charge is 0.267 e. The Labute approximate surface area is 163 Å². The zero-order valence-corrected chi connectivity index (χ0v) is 15.7. The molecule has 0 saturated carbocycles. The Bertz CT molecular complexity index is 864. The SMILES string of the molecule is COc1ccc(CN2CCN(c3ccccc3/C=C/C(=O)NO)C(=O)C2)cc1. The molecule has 1 fully saturated rings. The molecular formula is C21H23N3O4. The van der Waals surface area contributed by atoms with Crippen LogP contribution in [0.5, 0.6) is 5.75 Å². The van der Waals surface area contributed by atoms with E-state index in [2.05, 4.69) is 4.90 Å². The lowest BCUT2D eigenvalue weighted by Gasteiger charge is -2.35. The summed E-state index contributed by atoms with van der Waals surface area (Å²) in [6.45, 7) is 2.32. The molecule has 28 heavy (non-hydrogen) atoms. The first-order valence-electron chi connectivity index (χ1n) is 8.97. The fraction of sp³-hybridized carbons (Fsp3) is 0.238. The number of hydroxylamine groups is 1. The van der Waals surface area contributed by atoms with Crippen LogP contribution < -0.4 is 15.1 Å². The van der Waals surface area contributed by atoms with Gasteiger partial charge in [-0.1, -0.05) is 30.3 Å². The second kappa shape index (κ2) is 9.16. The molecule has 2 aromatic rings. The number of anilines is 1. The number of para-hydroxylation sites is 1. The fourth-order valence-corrected chi connectivity index (χ4v) is 3.18. The first kappa shape index (κ1) is 19.6. The van der Waals surface area contributed by atoms with Crippen LogP contribution in [0, 0.1) is 0 Å². The Morgan fingerprint density at radius 2 is 1.93 bits per heavy atom. The molecule has 2 amide bonds. The second-order valence-electron chi connectivity index (χ2n) is 6.47. The van der Waals surface area contributed by atoms with E-state index in [1.807, 2.05) is 48.5 Å². The van der Waals surface area contributed by atoms with Gasteiger partial charge in [0.15, 0.2) is 0 Å². The van der Waals surface area contributed by atoms with Gasteiger partial charge in [-0.3, -0.25) is 19.7 Å². The molecule has 7 heteroatoms. The lowest BCUT2D eigenvalue weighted by Crippen LogP contribution is -2.50. The van der Waals surface area contributed by atoms with E-state index in [0.29, 0.717) is 19.6 Å². The number of ether oxygens (including phenoxy) is 1. The lowest BCUT2D eigenvalue weighted by molar-refractivity contribution is -0.124. The number of nitrogens with zero attached hydrogens (tertiary/aromatic N) is 2. The van der Waals surface area contributed by atoms with E-state index in [1.54, 1.807) is 23.6 Å². The topological polar surface area (TPSA) is 82.1 Å².